The molecule has 8 heteroatoms. The second-order valence-corrected chi connectivity index (χ2v) is 3.04. The minimum absolute atomic E-state index is 0.0234. The first-order valence-corrected chi connectivity index (χ1v) is 4.18. The standard InChI is InChI=1S/C9H6F6N2/c10-8(11,12)5-1-6(9(13,14)15)3-7(2-5)17-4-16/h1-4H,(H2,16,17). The van der Waals surface area contributed by atoms with Gasteiger partial charge in [0.1, 0.15) is 0 Å². The molecule has 1 aromatic carbocycles. The molecule has 0 amide bonds. The van der Waals surface area contributed by atoms with E-state index in [1.54, 1.807) is 0 Å². The summed E-state index contributed by atoms with van der Waals surface area (Å²) in [5.41, 5.74) is 1.47. The largest absolute Gasteiger partial charge is 0.416 e. The Morgan fingerprint density at radius 2 is 1.29 bits per heavy atom. The number of aliphatic imine (C=N–C) groups is 1. The van der Waals surface area contributed by atoms with Gasteiger partial charge in [-0.15, -0.1) is 0 Å². The number of nitrogens with zero attached hydrogens (tertiary/aromatic N) is 1. The van der Waals surface area contributed by atoms with Gasteiger partial charge in [0.2, 0.25) is 0 Å². The Bertz CT molecular complexity index is 400. The van der Waals surface area contributed by atoms with Gasteiger partial charge in [-0.05, 0) is 18.2 Å². The summed E-state index contributed by atoms with van der Waals surface area (Å²) in [6, 6.07) is 0.993. The fraction of sp³-hybridized carbons (Fsp3) is 0.222. The minimum Gasteiger partial charge on any atom is -0.390 e. The summed E-state index contributed by atoms with van der Waals surface area (Å²) >= 11 is 0. The van der Waals surface area contributed by atoms with Crippen LogP contribution in [0.1, 0.15) is 11.1 Å². The lowest BCUT2D eigenvalue weighted by Gasteiger charge is -2.12. The fourth-order valence-electron chi connectivity index (χ4n) is 1.10. The van der Waals surface area contributed by atoms with Gasteiger partial charge in [0.05, 0.1) is 23.2 Å². The molecule has 2 nitrogen and oxygen atoms in total. The van der Waals surface area contributed by atoms with Gasteiger partial charge in [-0.1, -0.05) is 0 Å². The first-order chi connectivity index (χ1) is 7.64. The van der Waals surface area contributed by atoms with Crippen LogP contribution in [0.4, 0.5) is 32.0 Å². The first-order valence-electron chi connectivity index (χ1n) is 4.18. The summed E-state index contributed by atoms with van der Waals surface area (Å²) in [5, 5.41) is 0. The zero-order valence-electron chi connectivity index (χ0n) is 8.10. The zero-order chi connectivity index (χ0) is 13.3. The quantitative estimate of drug-likeness (QED) is 0.467. The Morgan fingerprint density at radius 3 is 1.59 bits per heavy atom. The van der Waals surface area contributed by atoms with E-state index in [-0.39, 0.29) is 6.07 Å². The van der Waals surface area contributed by atoms with Crippen LogP contribution in [0.25, 0.3) is 0 Å². The van der Waals surface area contributed by atoms with Gasteiger partial charge < -0.3 is 5.73 Å². The normalized spacial score (nSPS) is 13.3. The monoisotopic (exact) mass is 256 g/mol. The summed E-state index contributed by atoms with van der Waals surface area (Å²) in [6.07, 6.45) is -9.13. The predicted octanol–water partition coefficient (Wildman–Crippen LogP) is 3.34. The van der Waals surface area contributed by atoms with Crippen LogP contribution in [0.3, 0.4) is 0 Å². The van der Waals surface area contributed by atoms with Crippen LogP contribution in [0.2, 0.25) is 0 Å². The third-order valence-corrected chi connectivity index (χ3v) is 1.80. The van der Waals surface area contributed by atoms with E-state index in [9.17, 15) is 26.3 Å². The molecule has 0 aliphatic carbocycles. The van der Waals surface area contributed by atoms with E-state index >= 15 is 0 Å². The third kappa shape index (κ3) is 3.36. The second kappa shape index (κ2) is 4.27. The molecule has 0 aliphatic rings. The Morgan fingerprint density at radius 1 is 0.882 bits per heavy atom. The Balaban J connectivity index is 3.39. The van der Waals surface area contributed by atoms with Gasteiger partial charge in [-0.25, -0.2) is 4.99 Å². The summed E-state index contributed by atoms with van der Waals surface area (Å²) in [6.45, 7) is 0. The molecule has 0 spiro atoms. The molecule has 0 fully saturated rings. The topological polar surface area (TPSA) is 38.4 Å². The lowest BCUT2D eigenvalue weighted by atomic mass is 10.1. The molecule has 1 aromatic rings. The molecule has 2 N–H and O–H groups in total. The molecule has 0 heterocycles. The molecule has 0 atom stereocenters. The van der Waals surface area contributed by atoms with Crippen molar-refractivity contribution in [3.8, 4) is 0 Å². The van der Waals surface area contributed by atoms with E-state index in [1.807, 2.05) is 0 Å². The first kappa shape index (κ1) is 13.3. The summed E-state index contributed by atoms with van der Waals surface area (Å²) in [7, 11) is 0. The molecule has 0 saturated heterocycles. The van der Waals surface area contributed by atoms with Crippen molar-refractivity contribution in [2.75, 3.05) is 0 Å². The number of alkyl halides is 6. The van der Waals surface area contributed by atoms with Gasteiger partial charge in [0.15, 0.2) is 0 Å². The highest BCUT2D eigenvalue weighted by molar-refractivity contribution is 5.60. The van der Waals surface area contributed by atoms with Gasteiger partial charge in [-0.3, -0.25) is 0 Å². The maximum Gasteiger partial charge on any atom is 0.416 e. The van der Waals surface area contributed by atoms with Crippen LogP contribution >= 0.6 is 0 Å². The molecule has 94 valence electrons. The molecular formula is C9H6F6N2. The van der Waals surface area contributed by atoms with Crippen LogP contribution in [0.15, 0.2) is 23.2 Å². The molecule has 17 heavy (non-hydrogen) atoms. The lowest BCUT2D eigenvalue weighted by molar-refractivity contribution is -0.143. The van der Waals surface area contributed by atoms with E-state index in [0.29, 0.717) is 18.5 Å². The van der Waals surface area contributed by atoms with Crippen LogP contribution < -0.4 is 5.73 Å². The van der Waals surface area contributed by atoms with Gasteiger partial charge in [-0.2, -0.15) is 26.3 Å². The fourth-order valence-corrected chi connectivity index (χ4v) is 1.10. The molecule has 0 aromatic heterocycles. The molecule has 0 unspecified atom stereocenters. The smallest absolute Gasteiger partial charge is 0.390 e. The van der Waals surface area contributed by atoms with E-state index in [0.717, 1.165) is 0 Å². The van der Waals surface area contributed by atoms with Gasteiger partial charge in [0, 0.05) is 0 Å². The predicted molar refractivity (Wildman–Crippen MR) is 48.8 cm³/mol. The highest BCUT2D eigenvalue weighted by Crippen LogP contribution is 2.37. The molecule has 0 saturated carbocycles. The number of benzene rings is 1. The minimum atomic E-state index is -4.87. The van der Waals surface area contributed by atoms with E-state index in [1.165, 1.54) is 0 Å². The molecule has 0 bridgehead atoms. The molecule has 1 rings (SSSR count). The zero-order valence-corrected chi connectivity index (χ0v) is 8.10. The van der Waals surface area contributed by atoms with Crippen molar-refractivity contribution in [2.45, 2.75) is 12.4 Å². The van der Waals surface area contributed by atoms with Crippen molar-refractivity contribution < 1.29 is 26.3 Å². The molecule has 0 radical (unpaired) electrons. The summed E-state index contributed by atoms with van der Waals surface area (Å²) in [5.74, 6) is 0. The second-order valence-electron chi connectivity index (χ2n) is 3.04. The van der Waals surface area contributed by atoms with Crippen LogP contribution in [-0.4, -0.2) is 6.34 Å². The number of nitrogens with two attached hydrogens (primary N) is 1. The maximum absolute atomic E-state index is 12.3. The SMILES string of the molecule is NC=Nc1cc(C(F)(F)F)cc(C(F)(F)F)c1. The average Bonchev–Trinajstić information content (AvgIpc) is 2.15. The number of halogens is 6. The van der Waals surface area contributed by atoms with Crippen molar-refractivity contribution in [2.24, 2.45) is 10.7 Å². The van der Waals surface area contributed by atoms with Crippen LogP contribution in [0, 0.1) is 0 Å². The number of hydrogen-bond acceptors (Lipinski definition) is 1. The van der Waals surface area contributed by atoms with E-state index < -0.39 is 29.2 Å². The highest BCUT2D eigenvalue weighted by atomic mass is 19.4. The van der Waals surface area contributed by atoms with Crippen LogP contribution in [0.5, 0.6) is 0 Å². The third-order valence-electron chi connectivity index (χ3n) is 1.80. The van der Waals surface area contributed by atoms with E-state index in [2.05, 4.69) is 4.99 Å². The molecular weight excluding hydrogens is 250 g/mol. The van der Waals surface area contributed by atoms with Gasteiger partial charge in [0.25, 0.3) is 0 Å². The Kier molecular flexibility index (Phi) is 3.35. The van der Waals surface area contributed by atoms with E-state index in [4.69, 9.17) is 5.73 Å². The number of rotatable bonds is 1. The average molecular weight is 256 g/mol. The van der Waals surface area contributed by atoms with Crippen molar-refractivity contribution in [1.82, 2.24) is 0 Å². The Labute approximate surface area is 91.8 Å². The lowest BCUT2D eigenvalue weighted by Crippen LogP contribution is -2.10. The maximum atomic E-state index is 12.3. The Hall–Kier alpha value is -1.73. The van der Waals surface area contributed by atoms with Gasteiger partial charge >= 0.3 is 12.4 Å². The van der Waals surface area contributed by atoms with Crippen molar-refractivity contribution >= 4 is 12.0 Å². The van der Waals surface area contributed by atoms with Crippen molar-refractivity contribution in [1.29, 1.82) is 0 Å². The van der Waals surface area contributed by atoms with Crippen molar-refractivity contribution in [3.63, 3.8) is 0 Å². The number of hydrogen-bond donors (Lipinski definition) is 1. The highest BCUT2D eigenvalue weighted by Gasteiger charge is 2.36. The van der Waals surface area contributed by atoms with Crippen molar-refractivity contribution in [3.05, 3.63) is 29.3 Å². The summed E-state index contributed by atoms with van der Waals surface area (Å²) < 4.78 is 74.0. The van der Waals surface area contributed by atoms with Crippen LogP contribution in [-0.2, 0) is 12.4 Å². The molecule has 0 aliphatic heterocycles. The summed E-state index contributed by atoms with van der Waals surface area (Å²) in [4.78, 5) is 3.21.